The van der Waals surface area contributed by atoms with Crippen molar-refractivity contribution in [3.63, 3.8) is 0 Å². The van der Waals surface area contributed by atoms with Gasteiger partial charge in [-0.05, 0) is 47.2 Å². The molecule has 4 rings (SSSR count). The Morgan fingerprint density at radius 1 is 0.862 bits per heavy atom. The molecule has 0 spiro atoms. The van der Waals surface area contributed by atoms with Gasteiger partial charge in [0.15, 0.2) is 0 Å². The summed E-state index contributed by atoms with van der Waals surface area (Å²) in [5.41, 5.74) is 2.17. The molecule has 0 saturated carbocycles. The van der Waals surface area contributed by atoms with E-state index in [-0.39, 0.29) is 18.4 Å². The van der Waals surface area contributed by atoms with Crippen LogP contribution in [-0.4, -0.2) is 49.6 Å². The lowest BCUT2D eigenvalue weighted by Crippen LogP contribution is -2.40. The molecule has 1 saturated heterocycles. The molecule has 1 aliphatic rings. The Labute approximate surface area is 169 Å². The number of anilines is 2. The van der Waals surface area contributed by atoms with E-state index < -0.39 is 0 Å². The van der Waals surface area contributed by atoms with Crippen molar-refractivity contribution >= 4 is 34.0 Å². The molecular weight excluding hydrogens is 366 g/mol. The first-order chi connectivity index (χ1) is 14.2. The lowest BCUT2D eigenvalue weighted by Gasteiger charge is -2.26. The number of carbonyl (C=O) groups is 2. The van der Waals surface area contributed by atoms with Gasteiger partial charge in [0.05, 0.1) is 19.8 Å². The fraction of sp³-hybridized carbons (Fsp3) is 0.217. The summed E-state index contributed by atoms with van der Waals surface area (Å²) in [6.45, 7) is 2.52. The minimum Gasteiger partial charge on any atom is -0.378 e. The Hall–Kier alpha value is -3.38. The van der Waals surface area contributed by atoms with E-state index in [0.717, 1.165) is 16.5 Å². The van der Waals surface area contributed by atoms with E-state index in [9.17, 15) is 9.59 Å². The van der Waals surface area contributed by atoms with E-state index in [1.807, 2.05) is 36.4 Å². The molecule has 1 aliphatic heterocycles. The molecular formula is C23H23N3O3. The van der Waals surface area contributed by atoms with Gasteiger partial charge in [-0.25, -0.2) is 0 Å². The van der Waals surface area contributed by atoms with Gasteiger partial charge >= 0.3 is 0 Å². The number of nitrogens with one attached hydrogen (secondary N) is 2. The van der Waals surface area contributed by atoms with Gasteiger partial charge in [-0.15, -0.1) is 0 Å². The molecule has 0 unspecified atom stereocenters. The average molecular weight is 389 g/mol. The van der Waals surface area contributed by atoms with Crippen molar-refractivity contribution in [3.8, 4) is 0 Å². The number of benzene rings is 3. The maximum absolute atomic E-state index is 12.5. The van der Waals surface area contributed by atoms with Crippen molar-refractivity contribution < 1.29 is 14.3 Å². The van der Waals surface area contributed by atoms with Crippen molar-refractivity contribution in [3.05, 3.63) is 72.3 Å². The van der Waals surface area contributed by atoms with E-state index in [0.29, 0.717) is 37.6 Å². The predicted molar refractivity (Wildman–Crippen MR) is 114 cm³/mol. The Morgan fingerprint density at radius 3 is 2.31 bits per heavy atom. The number of nitrogens with zero attached hydrogens (tertiary/aromatic N) is 1. The summed E-state index contributed by atoms with van der Waals surface area (Å²) >= 11 is 0. The first kappa shape index (κ1) is 19.0. The molecule has 0 aromatic heterocycles. The SMILES string of the molecule is O=C(CNc1ccc2ccccc2c1)Nc1ccc(C(=O)N2CCOCC2)cc1. The molecule has 2 amide bonds. The second-order valence-electron chi connectivity index (χ2n) is 6.95. The summed E-state index contributed by atoms with van der Waals surface area (Å²) in [6.07, 6.45) is 0. The standard InChI is InChI=1S/C23H23N3O3/c27-22(16-24-21-10-5-17-3-1-2-4-19(17)15-21)25-20-8-6-18(7-9-20)23(28)26-11-13-29-14-12-26/h1-10,15,24H,11-14,16H2,(H,25,27). The number of hydrogen-bond donors (Lipinski definition) is 2. The molecule has 29 heavy (non-hydrogen) atoms. The van der Waals surface area contributed by atoms with Gasteiger partial charge in [-0.2, -0.15) is 0 Å². The van der Waals surface area contributed by atoms with Crippen LogP contribution in [0.1, 0.15) is 10.4 Å². The summed E-state index contributed by atoms with van der Waals surface area (Å²) in [6, 6.07) is 21.1. The third-order valence-corrected chi connectivity index (χ3v) is 4.92. The van der Waals surface area contributed by atoms with Crippen molar-refractivity contribution in [1.29, 1.82) is 0 Å². The maximum atomic E-state index is 12.5. The average Bonchev–Trinajstić information content (AvgIpc) is 2.78. The van der Waals surface area contributed by atoms with Crippen LogP contribution in [0.15, 0.2) is 66.7 Å². The maximum Gasteiger partial charge on any atom is 0.254 e. The molecule has 1 fully saturated rings. The topological polar surface area (TPSA) is 70.7 Å². The highest BCUT2D eigenvalue weighted by atomic mass is 16.5. The third-order valence-electron chi connectivity index (χ3n) is 4.92. The van der Waals surface area contributed by atoms with Gasteiger partial charge < -0.3 is 20.3 Å². The van der Waals surface area contributed by atoms with Crippen molar-refractivity contribution in [2.75, 3.05) is 43.5 Å². The van der Waals surface area contributed by atoms with E-state index in [1.165, 1.54) is 0 Å². The Kier molecular flexibility index (Phi) is 5.72. The van der Waals surface area contributed by atoms with Crippen LogP contribution in [0, 0.1) is 0 Å². The highest BCUT2D eigenvalue weighted by Gasteiger charge is 2.18. The van der Waals surface area contributed by atoms with Gasteiger partial charge in [0.2, 0.25) is 5.91 Å². The third kappa shape index (κ3) is 4.73. The van der Waals surface area contributed by atoms with Gasteiger partial charge in [-0.3, -0.25) is 9.59 Å². The fourth-order valence-corrected chi connectivity index (χ4v) is 3.33. The van der Waals surface area contributed by atoms with Gasteiger partial charge in [-0.1, -0.05) is 30.3 Å². The fourth-order valence-electron chi connectivity index (χ4n) is 3.33. The predicted octanol–water partition coefficient (Wildman–Crippen LogP) is 3.36. The zero-order valence-corrected chi connectivity index (χ0v) is 16.1. The molecule has 0 aliphatic carbocycles. The molecule has 0 radical (unpaired) electrons. The van der Waals surface area contributed by atoms with Crippen LogP contribution in [0.2, 0.25) is 0 Å². The van der Waals surface area contributed by atoms with Crippen LogP contribution in [0.4, 0.5) is 11.4 Å². The summed E-state index contributed by atoms with van der Waals surface area (Å²) in [4.78, 5) is 26.5. The van der Waals surface area contributed by atoms with Crippen LogP contribution < -0.4 is 10.6 Å². The monoisotopic (exact) mass is 389 g/mol. The van der Waals surface area contributed by atoms with Crippen molar-refractivity contribution in [2.24, 2.45) is 0 Å². The van der Waals surface area contributed by atoms with E-state index in [2.05, 4.69) is 16.7 Å². The van der Waals surface area contributed by atoms with E-state index >= 15 is 0 Å². The Balaban J connectivity index is 1.31. The Bertz CT molecular complexity index is 1010. The molecule has 0 bridgehead atoms. The largest absolute Gasteiger partial charge is 0.378 e. The van der Waals surface area contributed by atoms with Gasteiger partial charge in [0.25, 0.3) is 5.91 Å². The van der Waals surface area contributed by atoms with E-state index in [4.69, 9.17) is 4.74 Å². The molecule has 148 valence electrons. The second kappa shape index (κ2) is 8.75. The zero-order chi connectivity index (χ0) is 20.1. The second-order valence-corrected chi connectivity index (χ2v) is 6.95. The molecule has 2 N–H and O–H groups in total. The molecule has 3 aromatic rings. The van der Waals surface area contributed by atoms with Crippen molar-refractivity contribution in [1.82, 2.24) is 4.90 Å². The zero-order valence-electron chi connectivity index (χ0n) is 16.1. The van der Waals surface area contributed by atoms with Crippen molar-refractivity contribution in [2.45, 2.75) is 0 Å². The van der Waals surface area contributed by atoms with Crippen LogP contribution in [0.5, 0.6) is 0 Å². The number of fused-ring (bicyclic) bond motifs is 1. The minimum absolute atomic E-state index is 0.0100. The molecule has 0 atom stereocenters. The molecule has 1 heterocycles. The summed E-state index contributed by atoms with van der Waals surface area (Å²) in [5, 5.41) is 8.28. The van der Waals surface area contributed by atoms with E-state index in [1.54, 1.807) is 29.2 Å². The normalized spacial score (nSPS) is 13.9. The highest BCUT2D eigenvalue weighted by Crippen LogP contribution is 2.19. The van der Waals surface area contributed by atoms with Crippen LogP contribution in [0.25, 0.3) is 10.8 Å². The number of rotatable bonds is 5. The quantitative estimate of drug-likeness (QED) is 0.702. The van der Waals surface area contributed by atoms with Gasteiger partial charge in [0, 0.05) is 30.0 Å². The number of carbonyl (C=O) groups excluding carboxylic acids is 2. The molecule has 6 heteroatoms. The highest BCUT2D eigenvalue weighted by molar-refractivity contribution is 5.97. The number of ether oxygens (including phenoxy) is 1. The number of hydrogen-bond acceptors (Lipinski definition) is 4. The van der Waals surface area contributed by atoms with Crippen LogP contribution in [0.3, 0.4) is 0 Å². The lowest BCUT2D eigenvalue weighted by atomic mass is 10.1. The van der Waals surface area contributed by atoms with Crippen LogP contribution in [-0.2, 0) is 9.53 Å². The summed E-state index contributed by atoms with van der Waals surface area (Å²) in [5.74, 6) is -0.158. The Morgan fingerprint density at radius 2 is 1.55 bits per heavy atom. The number of morpholine rings is 1. The molecule has 3 aromatic carbocycles. The smallest absolute Gasteiger partial charge is 0.254 e. The van der Waals surface area contributed by atoms with Gasteiger partial charge in [0.1, 0.15) is 0 Å². The first-order valence-corrected chi connectivity index (χ1v) is 9.69. The lowest BCUT2D eigenvalue weighted by molar-refractivity contribution is -0.114. The summed E-state index contributed by atoms with van der Waals surface area (Å²) < 4.78 is 5.28. The summed E-state index contributed by atoms with van der Waals surface area (Å²) in [7, 11) is 0. The first-order valence-electron chi connectivity index (χ1n) is 9.69. The minimum atomic E-state index is -0.148. The molecule has 6 nitrogen and oxygen atoms in total. The van der Waals surface area contributed by atoms with Crippen LogP contribution >= 0.6 is 0 Å². The number of amides is 2.